The number of aliphatic carboxylic acids is 1. The third-order valence-corrected chi connectivity index (χ3v) is 2.81. The Kier molecular flexibility index (Phi) is 2.97. The number of hydrogen-bond acceptors (Lipinski definition) is 2. The summed E-state index contributed by atoms with van der Waals surface area (Å²) in [4.78, 5) is 22.0. The highest BCUT2D eigenvalue weighted by atomic mass is 19.3. The van der Waals surface area contributed by atoms with Crippen LogP contribution in [-0.2, 0) is 9.59 Å². The number of carboxylic acid groups (broad SMARTS) is 1. The Morgan fingerprint density at radius 3 is 2.27 bits per heavy atom. The van der Waals surface area contributed by atoms with Crippen LogP contribution in [0.5, 0.6) is 0 Å². The van der Waals surface area contributed by atoms with Crippen molar-refractivity contribution in [1.82, 2.24) is 5.32 Å². The SMILES string of the molecule is CC1(C)[C@H](C(=O)O)[C@@H]1C(=O)NCC(F)F. The number of carbonyl (C=O) groups is 2. The minimum absolute atomic E-state index is 0.604. The first-order valence-corrected chi connectivity index (χ1v) is 4.57. The number of carbonyl (C=O) groups excluding carboxylic acids is 1. The number of hydrogen-bond donors (Lipinski definition) is 2. The Morgan fingerprint density at radius 1 is 1.40 bits per heavy atom. The number of rotatable bonds is 4. The summed E-state index contributed by atoms with van der Waals surface area (Å²) in [5.41, 5.74) is -0.641. The van der Waals surface area contributed by atoms with E-state index in [2.05, 4.69) is 0 Å². The fourth-order valence-corrected chi connectivity index (χ4v) is 1.88. The first kappa shape index (κ1) is 11.9. The molecule has 4 nitrogen and oxygen atoms in total. The average Bonchev–Trinajstić information content (AvgIpc) is 2.65. The summed E-state index contributed by atoms with van der Waals surface area (Å²) in [5.74, 6) is -3.13. The lowest BCUT2D eigenvalue weighted by molar-refractivity contribution is -0.140. The molecule has 1 amide bonds. The first-order chi connectivity index (χ1) is 6.78. The summed E-state index contributed by atoms with van der Waals surface area (Å²) in [5, 5.41) is 10.8. The van der Waals surface area contributed by atoms with Crippen LogP contribution in [0.3, 0.4) is 0 Å². The van der Waals surface area contributed by atoms with Crippen molar-refractivity contribution in [2.75, 3.05) is 6.54 Å². The molecule has 0 spiro atoms. The molecule has 0 bridgehead atoms. The molecule has 6 heteroatoms. The minimum Gasteiger partial charge on any atom is -0.481 e. The van der Waals surface area contributed by atoms with Crippen LogP contribution in [-0.4, -0.2) is 30.0 Å². The van der Waals surface area contributed by atoms with Gasteiger partial charge < -0.3 is 10.4 Å². The molecule has 0 saturated heterocycles. The highest BCUT2D eigenvalue weighted by Gasteiger charge is 2.65. The van der Waals surface area contributed by atoms with Crippen LogP contribution in [0, 0.1) is 17.3 Å². The van der Waals surface area contributed by atoms with Crippen molar-refractivity contribution in [3.63, 3.8) is 0 Å². The predicted molar refractivity (Wildman–Crippen MR) is 47.4 cm³/mol. The summed E-state index contributed by atoms with van der Waals surface area (Å²) in [6.07, 6.45) is -2.61. The molecular weight excluding hydrogens is 208 g/mol. The maximum atomic E-state index is 11.8. The number of carboxylic acids is 1. The van der Waals surface area contributed by atoms with E-state index in [1.807, 2.05) is 5.32 Å². The number of amides is 1. The highest BCUT2D eigenvalue weighted by Crippen LogP contribution is 2.58. The predicted octanol–water partition coefficient (Wildman–Crippen LogP) is 0.724. The molecule has 1 aliphatic rings. The van der Waals surface area contributed by atoms with Crippen molar-refractivity contribution in [1.29, 1.82) is 0 Å². The van der Waals surface area contributed by atoms with Crippen molar-refractivity contribution in [2.45, 2.75) is 20.3 Å². The Balaban J connectivity index is 2.53. The van der Waals surface area contributed by atoms with Crippen LogP contribution < -0.4 is 5.32 Å². The monoisotopic (exact) mass is 221 g/mol. The van der Waals surface area contributed by atoms with E-state index >= 15 is 0 Å². The second kappa shape index (κ2) is 3.75. The summed E-state index contributed by atoms with van der Waals surface area (Å²) in [6, 6.07) is 0. The zero-order valence-corrected chi connectivity index (χ0v) is 8.46. The Labute approximate surface area is 85.7 Å². The molecular formula is C9H13F2NO3. The van der Waals surface area contributed by atoms with E-state index in [-0.39, 0.29) is 0 Å². The van der Waals surface area contributed by atoms with Crippen LogP contribution in [0.1, 0.15) is 13.8 Å². The van der Waals surface area contributed by atoms with E-state index in [0.29, 0.717) is 0 Å². The van der Waals surface area contributed by atoms with Crippen molar-refractivity contribution in [3.05, 3.63) is 0 Å². The van der Waals surface area contributed by atoms with Crippen LogP contribution >= 0.6 is 0 Å². The molecule has 0 radical (unpaired) electrons. The van der Waals surface area contributed by atoms with E-state index in [0.717, 1.165) is 0 Å². The lowest BCUT2D eigenvalue weighted by Gasteiger charge is -2.04. The molecule has 1 rings (SSSR count). The summed E-state index contributed by atoms with van der Waals surface area (Å²) in [6.45, 7) is 2.55. The molecule has 0 unspecified atom stereocenters. The van der Waals surface area contributed by atoms with Gasteiger partial charge in [0, 0.05) is 0 Å². The van der Waals surface area contributed by atoms with Crippen molar-refractivity contribution in [2.24, 2.45) is 17.3 Å². The third-order valence-electron chi connectivity index (χ3n) is 2.81. The van der Waals surface area contributed by atoms with Crippen molar-refractivity contribution in [3.8, 4) is 0 Å². The van der Waals surface area contributed by atoms with Gasteiger partial charge in [-0.1, -0.05) is 13.8 Å². The summed E-state index contributed by atoms with van der Waals surface area (Å²) < 4.78 is 23.6. The minimum atomic E-state index is -2.61. The van der Waals surface area contributed by atoms with Crippen LogP contribution in [0.2, 0.25) is 0 Å². The van der Waals surface area contributed by atoms with Crippen molar-refractivity contribution >= 4 is 11.9 Å². The van der Waals surface area contributed by atoms with E-state index in [9.17, 15) is 18.4 Å². The lowest BCUT2D eigenvalue weighted by atomic mass is 10.1. The smallest absolute Gasteiger partial charge is 0.307 e. The molecule has 86 valence electrons. The molecule has 0 aromatic carbocycles. The molecule has 0 aliphatic heterocycles. The van der Waals surface area contributed by atoms with Gasteiger partial charge in [0.05, 0.1) is 18.4 Å². The van der Waals surface area contributed by atoms with Gasteiger partial charge in [0.1, 0.15) is 0 Å². The topological polar surface area (TPSA) is 66.4 Å². The number of alkyl halides is 2. The second-order valence-corrected chi connectivity index (χ2v) is 4.25. The molecule has 1 saturated carbocycles. The van der Waals surface area contributed by atoms with Crippen LogP contribution in [0.4, 0.5) is 8.78 Å². The molecule has 15 heavy (non-hydrogen) atoms. The zero-order chi connectivity index (χ0) is 11.8. The van der Waals surface area contributed by atoms with Gasteiger partial charge in [0.25, 0.3) is 6.43 Å². The quantitative estimate of drug-likeness (QED) is 0.735. The van der Waals surface area contributed by atoms with Gasteiger partial charge >= 0.3 is 5.97 Å². The van der Waals surface area contributed by atoms with Crippen LogP contribution in [0.25, 0.3) is 0 Å². The van der Waals surface area contributed by atoms with Gasteiger partial charge in [-0.05, 0) is 5.41 Å². The number of halogens is 2. The van der Waals surface area contributed by atoms with Gasteiger partial charge in [-0.3, -0.25) is 9.59 Å². The molecule has 1 fully saturated rings. The number of nitrogens with one attached hydrogen (secondary N) is 1. The van der Waals surface area contributed by atoms with Crippen molar-refractivity contribution < 1.29 is 23.5 Å². The van der Waals surface area contributed by atoms with Gasteiger partial charge in [-0.2, -0.15) is 0 Å². The largest absolute Gasteiger partial charge is 0.481 e. The third kappa shape index (κ3) is 2.24. The Hall–Kier alpha value is -1.20. The van der Waals surface area contributed by atoms with Gasteiger partial charge in [-0.15, -0.1) is 0 Å². The standard InChI is InChI=1S/C9H13F2NO3/c1-9(2)5(6(9)8(14)15)7(13)12-3-4(10)11/h4-6H,3H2,1-2H3,(H,12,13)(H,14,15)/t5-,6+/m1/s1. The maximum absolute atomic E-state index is 11.8. The lowest BCUT2D eigenvalue weighted by Crippen LogP contribution is -2.31. The second-order valence-electron chi connectivity index (χ2n) is 4.25. The molecule has 1 aliphatic carbocycles. The molecule has 0 aromatic rings. The molecule has 2 N–H and O–H groups in total. The summed E-state index contributed by atoms with van der Waals surface area (Å²) in [7, 11) is 0. The maximum Gasteiger partial charge on any atom is 0.307 e. The van der Waals surface area contributed by atoms with E-state index in [4.69, 9.17) is 5.11 Å². The Morgan fingerprint density at radius 2 is 1.93 bits per heavy atom. The van der Waals surface area contributed by atoms with Gasteiger partial charge in [0.2, 0.25) is 5.91 Å². The fraction of sp³-hybridized carbons (Fsp3) is 0.778. The normalized spacial score (nSPS) is 27.5. The molecule has 0 heterocycles. The highest BCUT2D eigenvalue weighted by molar-refractivity contribution is 5.91. The first-order valence-electron chi connectivity index (χ1n) is 4.57. The average molecular weight is 221 g/mol. The molecule has 2 atom stereocenters. The van der Waals surface area contributed by atoms with Gasteiger partial charge in [0.15, 0.2) is 0 Å². The Bertz CT molecular complexity index is 291. The van der Waals surface area contributed by atoms with E-state index in [1.165, 1.54) is 0 Å². The van der Waals surface area contributed by atoms with E-state index in [1.54, 1.807) is 13.8 Å². The summed E-state index contributed by atoms with van der Waals surface area (Å²) >= 11 is 0. The molecule has 0 aromatic heterocycles. The van der Waals surface area contributed by atoms with Gasteiger partial charge in [-0.25, -0.2) is 8.78 Å². The van der Waals surface area contributed by atoms with E-state index < -0.39 is 42.1 Å². The fourth-order valence-electron chi connectivity index (χ4n) is 1.88. The zero-order valence-electron chi connectivity index (χ0n) is 8.46. The van der Waals surface area contributed by atoms with Crippen LogP contribution in [0.15, 0.2) is 0 Å².